The van der Waals surface area contributed by atoms with Crippen LogP contribution in [0.3, 0.4) is 0 Å². The highest BCUT2D eigenvalue weighted by Gasteiger charge is 2.15. The van der Waals surface area contributed by atoms with Crippen LogP contribution in [0, 0.1) is 0 Å². The van der Waals surface area contributed by atoms with Gasteiger partial charge in [0, 0.05) is 13.0 Å². The molecule has 1 amide bonds. The summed E-state index contributed by atoms with van der Waals surface area (Å²) in [6.45, 7) is 1.61. The lowest BCUT2D eigenvalue weighted by molar-refractivity contribution is -0.123. The van der Waals surface area contributed by atoms with Crippen molar-refractivity contribution < 1.29 is 14.3 Å². The molecule has 0 saturated heterocycles. The van der Waals surface area contributed by atoms with Crippen LogP contribution in [0.1, 0.15) is 36.5 Å². The van der Waals surface area contributed by atoms with E-state index in [-0.39, 0.29) is 12.5 Å². The Hall–Kier alpha value is -3.35. The van der Waals surface area contributed by atoms with Crippen LogP contribution in [0.5, 0.6) is 11.5 Å². The van der Waals surface area contributed by atoms with Crippen molar-refractivity contribution in [3.8, 4) is 11.5 Å². The molecule has 0 radical (unpaired) electrons. The van der Waals surface area contributed by atoms with Crippen LogP contribution >= 0.6 is 0 Å². The molecule has 0 spiro atoms. The third kappa shape index (κ3) is 5.17. The zero-order valence-electron chi connectivity index (χ0n) is 16.9. The second-order valence-corrected chi connectivity index (χ2v) is 7.28. The van der Waals surface area contributed by atoms with E-state index in [1.54, 1.807) is 6.07 Å². The second kappa shape index (κ2) is 9.91. The van der Waals surface area contributed by atoms with E-state index in [1.807, 2.05) is 48.5 Å². The van der Waals surface area contributed by atoms with Crippen LogP contribution in [0.25, 0.3) is 0 Å². The maximum absolute atomic E-state index is 12.3. The molecule has 1 aromatic heterocycles. The lowest BCUT2D eigenvalue weighted by atomic mass is 10.2. The molecular formula is C23H26N4O3. The molecule has 2 heterocycles. The van der Waals surface area contributed by atoms with Gasteiger partial charge in [0.15, 0.2) is 23.9 Å². The highest BCUT2D eigenvalue weighted by molar-refractivity contribution is 5.77. The first-order valence-electron chi connectivity index (χ1n) is 10.4. The van der Waals surface area contributed by atoms with Gasteiger partial charge in [-0.1, -0.05) is 48.9 Å². The molecule has 0 fully saturated rings. The van der Waals surface area contributed by atoms with Crippen LogP contribution < -0.4 is 14.8 Å². The summed E-state index contributed by atoms with van der Waals surface area (Å²) in [5.74, 6) is 2.75. The molecule has 0 saturated carbocycles. The van der Waals surface area contributed by atoms with E-state index in [1.165, 1.54) is 6.42 Å². The van der Waals surface area contributed by atoms with Gasteiger partial charge in [0.2, 0.25) is 0 Å². The molecule has 0 aliphatic carbocycles. The summed E-state index contributed by atoms with van der Waals surface area (Å²) >= 11 is 0. The Morgan fingerprint density at radius 1 is 0.933 bits per heavy atom. The van der Waals surface area contributed by atoms with Crippen molar-refractivity contribution in [3.63, 3.8) is 0 Å². The Morgan fingerprint density at radius 3 is 2.53 bits per heavy atom. The van der Waals surface area contributed by atoms with E-state index in [0.717, 1.165) is 43.0 Å². The third-order valence-corrected chi connectivity index (χ3v) is 5.07. The van der Waals surface area contributed by atoms with Crippen LogP contribution in [-0.2, 0) is 30.9 Å². The molecule has 30 heavy (non-hydrogen) atoms. The Morgan fingerprint density at radius 2 is 1.70 bits per heavy atom. The van der Waals surface area contributed by atoms with E-state index in [4.69, 9.17) is 9.47 Å². The molecule has 3 aromatic rings. The van der Waals surface area contributed by atoms with Gasteiger partial charge < -0.3 is 19.4 Å². The number of nitrogens with one attached hydrogen (secondary N) is 1. The fraction of sp³-hybridized carbons (Fsp3) is 0.348. The van der Waals surface area contributed by atoms with Crippen molar-refractivity contribution in [3.05, 3.63) is 71.8 Å². The summed E-state index contributed by atoms with van der Waals surface area (Å²) in [5, 5.41) is 11.4. The van der Waals surface area contributed by atoms with Gasteiger partial charge in [-0.2, -0.15) is 0 Å². The number of benzene rings is 2. The van der Waals surface area contributed by atoms with Crippen molar-refractivity contribution in [2.75, 3.05) is 6.61 Å². The third-order valence-electron chi connectivity index (χ3n) is 5.07. The molecule has 1 N–H and O–H groups in total. The van der Waals surface area contributed by atoms with Crippen molar-refractivity contribution in [1.82, 2.24) is 20.1 Å². The number of fused-ring (bicyclic) bond motifs is 1. The molecule has 2 aromatic carbocycles. The quantitative estimate of drug-likeness (QED) is 0.621. The largest absolute Gasteiger partial charge is 0.485 e. The molecule has 1 aliphatic rings. The number of aryl methyl sites for hydroxylation is 1. The van der Waals surface area contributed by atoms with Gasteiger partial charge in [-0.05, 0) is 30.5 Å². The first-order chi connectivity index (χ1) is 14.8. The summed E-state index contributed by atoms with van der Waals surface area (Å²) in [6.07, 6.45) is 4.41. The monoisotopic (exact) mass is 406 g/mol. The van der Waals surface area contributed by atoms with Crippen molar-refractivity contribution >= 4 is 5.91 Å². The van der Waals surface area contributed by atoms with Gasteiger partial charge in [0.1, 0.15) is 12.4 Å². The van der Waals surface area contributed by atoms with Crippen LogP contribution in [0.15, 0.2) is 54.6 Å². The molecule has 4 rings (SSSR count). The fourth-order valence-electron chi connectivity index (χ4n) is 3.47. The molecule has 156 valence electrons. The average Bonchev–Trinajstić information content (AvgIpc) is 3.01. The molecule has 7 heteroatoms. The summed E-state index contributed by atoms with van der Waals surface area (Å²) in [6, 6.07) is 17.3. The van der Waals surface area contributed by atoms with Crippen LogP contribution in [0.2, 0.25) is 0 Å². The number of para-hydroxylation sites is 2. The number of aromatic nitrogens is 3. The van der Waals surface area contributed by atoms with Crippen molar-refractivity contribution in [2.45, 2.75) is 45.4 Å². The minimum atomic E-state index is -0.209. The lowest BCUT2D eigenvalue weighted by Gasteiger charge is -2.13. The van der Waals surface area contributed by atoms with Gasteiger partial charge in [0.05, 0.1) is 6.54 Å². The molecule has 1 aliphatic heterocycles. The SMILES string of the molecule is O=C(COc1ccccc1OCc1ccccc1)NCc1nnc2n1CCCCC2. The lowest BCUT2D eigenvalue weighted by Crippen LogP contribution is -2.29. The zero-order chi connectivity index (χ0) is 20.6. The number of carbonyl (C=O) groups excluding carboxylic acids is 1. The highest BCUT2D eigenvalue weighted by Crippen LogP contribution is 2.27. The number of ether oxygens (including phenoxy) is 2. The minimum absolute atomic E-state index is 0.0906. The molecule has 7 nitrogen and oxygen atoms in total. The second-order valence-electron chi connectivity index (χ2n) is 7.28. The van der Waals surface area contributed by atoms with E-state index in [9.17, 15) is 4.79 Å². The summed E-state index contributed by atoms with van der Waals surface area (Å²) < 4.78 is 13.7. The zero-order valence-corrected chi connectivity index (χ0v) is 16.9. The van der Waals surface area contributed by atoms with Gasteiger partial charge in [-0.15, -0.1) is 10.2 Å². The summed E-state index contributed by atoms with van der Waals surface area (Å²) in [5.41, 5.74) is 1.07. The first kappa shape index (κ1) is 19.9. The smallest absolute Gasteiger partial charge is 0.258 e. The topological polar surface area (TPSA) is 78.3 Å². The molecule has 0 atom stereocenters. The highest BCUT2D eigenvalue weighted by atomic mass is 16.5. The number of amides is 1. The summed E-state index contributed by atoms with van der Waals surface area (Å²) in [7, 11) is 0. The first-order valence-corrected chi connectivity index (χ1v) is 10.4. The van der Waals surface area contributed by atoms with E-state index in [2.05, 4.69) is 20.1 Å². The number of hydrogen-bond acceptors (Lipinski definition) is 5. The Balaban J connectivity index is 1.28. The van der Waals surface area contributed by atoms with Crippen molar-refractivity contribution in [1.29, 1.82) is 0 Å². The van der Waals surface area contributed by atoms with E-state index in [0.29, 0.717) is 24.7 Å². The van der Waals surface area contributed by atoms with Gasteiger partial charge in [0.25, 0.3) is 5.91 Å². The van der Waals surface area contributed by atoms with Crippen LogP contribution in [0.4, 0.5) is 0 Å². The Bertz CT molecular complexity index is 972. The van der Waals surface area contributed by atoms with Gasteiger partial charge in [-0.3, -0.25) is 4.79 Å². The Kier molecular flexibility index (Phi) is 6.59. The number of carbonyl (C=O) groups is 1. The maximum Gasteiger partial charge on any atom is 0.258 e. The Labute approximate surface area is 176 Å². The van der Waals surface area contributed by atoms with E-state index >= 15 is 0 Å². The van der Waals surface area contributed by atoms with Crippen LogP contribution in [-0.4, -0.2) is 27.3 Å². The number of nitrogens with zero attached hydrogens (tertiary/aromatic N) is 3. The van der Waals surface area contributed by atoms with Crippen molar-refractivity contribution in [2.24, 2.45) is 0 Å². The van der Waals surface area contributed by atoms with Gasteiger partial charge >= 0.3 is 0 Å². The summed E-state index contributed by atoms with van der Waals surface area (Å²) in [4.78, 5) is 12.3. The number of hydrogen-bond donors (Lipinski definition) is 1. The predicted molar refractivity (Wildman–Crippen MR) is 112 cm³/mol. The standard InChI is InChI=1S/C23H26N4O3/c28-23(24-15-22-26-25-21-13-5-2-8-14-27(21)22)17-30-20-12-7-6-11-19(20)29-16-18-9-3-1-4-10-18/h1,3-4,6-7,9-12H,2,5,8,13-17H2,(H,24,28). The number of rotatable bonds is 8. The predicted octanol–water partition coefficient (Wildman–Crippen LogP) is 3.28. The molecule has 0 bridgehead atoms. The normalized spacial score (nSPS) is 13.2. The maximum atomic E-state index is 12.3. The molecular weight excluding hydrogens is 380 g/mol. The average molecular weight is 406 g/mol. The fourth-order valence-corrected chi connectivity index (χ4v) is 3.47. The van der Waals surface area contributed by atoms with E-state index < -0.39 is 0 Å². The minimum Gasteiger partial charge on any atom is -0.485 e. The van der Waals surface area contributed by atoms with Gasteiger partial charge in [-0.25, -0.2) is 0 Å². The molecule has 0 unspecified atom stereocenters.